The van der Waals surface area contributed by atoms with Gasteiger partial charge in [-0.3, -0.25) is 19.7 Å². The molecule has 0 fully saturated rings. The first kappa shape index (κ1) is 21.0. The molecule has 2 aromatic carbocycles. The minimum absolute atomic E-state index is 0.116. The topological polar surface area (TPSA) is 101 Å². The molecular weight excluding hydrogens is 378 g/mol. The molecule has 2 N–H and O–H groups in total. The fourth-order valence-corrected chi connectivity index (χ4v) is 2.89. The van der Waals surface area contributed by atoms with E-state index in [1.54, 1.807) is 36.0 Å². The van der Waals surface area contributed by atoms with Crippen LogP contribution in [0.15, 0.2) is 48.5 Å². The molecule has 0 saturated heterocycles. The van der Waals surface area contributed by atoms with Crippen LogP contribution in [0.3, 0.4) is 0 Å². The van der Waals surface area contributed by atoms with Crippen molar-refractivity contribution in [3.05, 3.63) is 69.8 Å². The molecule has 144 valence electrons. The van der Waals surface area contributed by atoms with Crippen LogP contribution in [0.2, 0.25) is 0 Å². The molecule has 0 aromatic heterocycles. The lowest BCUT2D eigenvalue weighted by Crippen LogP contribution is -2.44. The van der Waals surface area contributed by atoms with E-state index in [-0.39, 0.29) is 17.2 Å². The number of nitrogens with one attached hydrogen (secondary N) is 2. The molecule has 0 spiro atoms. The molecule has 2 aromatic rings. The summed E-state index contributed by atoms with van der Waals surface area (Å²) in [5.74, 6) is 2.20. The molecular formula is C20H19N3O4S. The van der Waals surface area contributed by atoms with Gasteiger partial charge < -0.3 is 10.6 Å². The number of carbonyl (C=O) groups excluding carboxylic acids is 2. The fraction of sp³-hybridized carbons (Fsp3) is 0.200. The molecule has 0 heterocycles. The summed E-state index contributed by atoms with van der Waals surface area (Å²) >= 11 is 1.54. The molecule has 0 aliphatic carbocycles. The quantitative estimate of drug-likeness (QED) is 0.405. The maximum Gasteiger partial charge on any atom is 0.270 e. The standard InChI is InChI=1S/C20H19N3O4S/c1-3-14-6-4-8-16(12-14)21-20(25)18(10-11-28-2)22-19(24)15-7-5-9-17(13-15)23(26)27/h1,4-9,12-13,18H,10-11H2,2H3,(H,21,25)(H,22,24). The van der Waals surface area contributed by atoms with Crippen LogP contribution in [0, 0.1) is 22.5 Å². The van der Waals surface area contributed by atoms with Crippen molar-refractivity contribution in [3.63, 3.8) is 0 Å². The van der Waals surface area contributed by atoms with Crippen LogP contribution in [0.5, 0.6) is 0 Å². The van der Waals surface area contributed by atoms with E-state index in [1.807, 2.05) is 6.26 Å². The van der Waals surface area contributed by atoms with Crippen molar-refractivity contribution in [2.75, 3.05) is 17.3 Å². The SMILES string of the molecule is C#Cc1cccc(NC(=O)C(CCSC)NC(=O)c2cccc([N+](=O)[O-])c2)c1. The Morgan fingerprint density at radius 3 is 2.68 bits per heavy atom. The number of nitrogens with zero attached hydrogens (tertiary/aromatic N) is 1. The Hall–Kier alpha value is -3.31. The van der Waals surface area contributed by atoms with Gasteiger partial charge in [0.1, 0.15) is 6.04 Å². The second kappa shape index (κ2) is 10.1. The number of hydrogen-bond acceptors (Lipinski definition) is 5. The van der Waals surface area contributed by atoms with Gasteiger partial charge in [0, 0.05) is 28.9 Å². The summed E-state index contributed by atoms with van der Waals surface area (Å²) in [5.41, 5.74) is 1.08. The first-order valence-electron chi connectivity index (χ1n) is 8.36. The van der Waals surface area contributed by atoms with Gasteiger partial charge in [0.25, 0.3) is 11.6 Å². The normalized spacial score (nSPS) is 11.1. The van der Waals surface area contributed by atoms with E-state index >= 15 is 0 Å². The second-order valence-electron chi connectivity index (χ2n) is 5.83. The van der Waals surface area contributed by atoms with E-state index in [1.165, 1.54) is 24.3 Å². The average molecular weight is 397 g/mol. The number of carbonyl (C=O) groups is 2. The zero-order chi connectivity index (χ0) is 20.5. The van der Waals surface area contributed by atoms with Crippen molar-refractivity contribution in [1.29, 1.82) is 0 Å². The number of nitro groups is 1. The largest absolute Gasteiger partial charge is 0.340 e. The average Bonchev–Trinajstić information content (AvgIpc) is 2.71. The molecule has 1 unspecified atom stereocenters. The van der Waals surface area contributed by atoms with Crippen LogP contribution in [0.25, 0.3) is 0 Å². The second-order valence-corrected chi connectivity index (χ2v) is 6.81. The van der Waals surface area contributed by atoms with Crippen molar-refractivity contribution in [1.82, 2.24) is 5.32 Å². The van der Waals surface area contributed by atoms with Gasteiger partial charge in [-0.15, -0.1) is 6.42 Å². The third-order valence-electron chi connectivity index (χ3n) is 3.85. The number of terminal acetylenes is 1. The molecule has 2 amide bonds. The highest BCUT2D eigenvalue weighted by Crippen LogP contribution is 2.15. The highest BCUT2D eigenvalue weighted by molar-refractivity contribution is 7.98. The first-order chi connectivity index (χ1) is 13.4. The monoisotopic (exact) mass is 397 g/mol. The number of anilines is 1. The molecule has 1 atom stereocenters. The zero-order valence-corrected chi connectivity index (χ0v) is 16.0. The third-order valence-corrected chi connectivity index (χ3v) is 4.49. The highest BCUT2D eigenvalue weighted by atomic mass is 32.2. The van der Waals surface area contributed by atoms with Gasteiger partial charge in [-0.2, -0.15) is 11.8 Å². The number of nitro benzene ring substituents is 1. The van der Waals surface area contributed by atoms with Gasteiger partial charge in [0.2, 0.25) is 5.91 Å². The van der Waals surface area contributed by atoms with Gasteiger partial charge >= 0.3 is 0 Å². The molecule has 0 aliphatic heterocycles. The van der Waals surface area contributed by atoms with Crippen molar-refractivity contribution >= 4 is 35.0 Å². The smallest absolute Gasteiger partial charge is 0.270 e. The molecule has 0 radical (unpaired) electrons. The van der Waals surface area contributed by atoms with Gasteiger partial charge in [-0.25, -0.2) is 0 Å². The number of rotatable bonds is 8. The Labute approximate surface area is 167 Å². The Morgan fingerprint density at radius 1 is 1.25 bits per heavy atom. The molecule has 0 aliphatic rings. The number of benzene rings is 2. The van der Waals surface area contributed by atoms with Crippen LogP contribution >= 0.6 is 11.8 Å². The van der Waals surface area contributed by atoms with Crippen LogP contribution in [-0.2, 0) is 4.79 Å². The molecule has 0 saturated carbocycles. The van der Waals surface area contributed by atoms with E-state index in [9.17, 15) is 19.7 Å². The van der Waals surface area contributed by atoms with Crippen molar-refractivity contribution in [2.24, 2.45) is 0 Å². The molecule has 0 bridgehead atoms. The lowest BCUT2D eigenvalue weighted by Gasteiger charge is -2.18. The maximum absolute atomic E-state index is 12.7. The Morgan fingerprint density at radius 2 is 2.00 bits per heavy atom. The lowest BCUT2D eigenvalue weighted by molar-refractivity contribution is -0.384. The number of amides is 2. The third kappa shape index (κ3) is 5.86. The summed E-state index contributed by atoms with van der Waals surface area (Å²) < 4.78 is 0. The van der Waals surface area contributed by atoms with E-state index in [2.05, 4.69) is 16.6 Å². The summed E-state index contributed by atoms with van der Waals surface area (Å²) in [7, 11) is 0. The Bertz CT molecular complexity index is 924. The highest BCUT2D eigenvalue weighted by Gasteiger charge is 2.22. The van der Waals surface area contributed by atoms with E-state index < -0.39 is 16.9 Å². The first-order valence-corrected chi connectivity index (χ1v) is 9.75. The molecule has 28 heavy (non-hydrogen) atoms. The van der Waals surface area contributed by atoms with Crippen LogP contribution in [0.4, 0.5) is 11.4 Å². The lowest BCUT2D eigenvalue weighted by atomic mass is 10.1. The van der Waals surface area contributed by atoms with Crippen molar-refractivity contribution in [2.45, 2.75) is 12.5 Å². The number of thioether (sulfide) groups is 1. The minimum atomic E-state index is -0.797. The van der Waals surface area contributed by atoms with Gasteiger partial charge in [-0.1, -0.05) is 18.1 Å². The van der Waals surface area contributed by atoms with Gasteiger partial charge in [0.15, 0.2) is 0 Å². The summed E-state index contributed by atoms with van der Waals surface area (Å²) in [6.45, 7) is 0. The maximum atomic E-state index is 12.7. The van der Waals surface area contributed by atoms with Crippen molar-refractivity contribution < 1.29 is 14.5 Å². The zero-order valence-electron chi connectivity index (χ0n) is 15.2. The fourth-order valence-electron chi connectivity index (χ4n) is 2.42. The van der Waals surface area contributed by atoms with E-state index in [0.717, 1.165) is 0 Å². The summed E-state index contributed by atoms with van der Waals surface area (Å²) in [4.78, 5) is 35.5. The van der Waals surface area contributed by atoms with Crippen LogP contribution < -0.4 is 10.6 Å². The minimum Gasteiger partial charge on any atom is -0.340 e. The van der Waals surface area contributed by atoms with E-state index in [0.29, 0.717) is 23.4 Å². The molecule has 7 nitrogen and oxygen atoms in total. The summed E-state index contributed by atoms with van der Waals surface area (Å²) in [6.07, 6.45) is 7.67. The van der Waals surface area contributed by atoms with Crippen molar-refractivity contribution in [3.8, 4) is 12.3 Å². The van der Waals surface area contributed by atoms with E-state index in [4.69, 9.17) is 6.42 Å². The Balaban J connectivity index is 2.14. The summed E-state index contributed by atoms with van der Waals surface area (Å²) in [6, 6.07) is 11.4. The number of non-ortho nitro benzene ring substituents is 1. The predicted molar refractivity (Wildman–Crippen MR) is 110 cm³/mol. The molecule has 8 heteroatoms. The van der Waals surface area contributed by atoms with Gasteiger partial charge in [-0.05, 0) is 42.7 Å². The van der Waals surface area contributed by atoms with Gasteiger partial charge in [0.05, 0.1) is 4.92 Å². The van der Waals surface area contributed by atoms with Crippen LogP contribution in [0.1, 0.15) is 22.3 Å². The number of hydrogen-bond donors (Lipinski definition) is 2. The van der Waals surface area contributed by atoms with Crippen LogP contribution in [-0.4, -0.2) is 34.8 Å². The molecule has 2 rings (SSSR count). The summed E-state index contributed by atoms with van der Waals surface area (Å²) in [5, 5.41) is 16.3. The Kier molecular flexibility index (Phi) is 7.60. The predicted octanol–water partition coefficient (Wildman–Crippen LogP) is 3.07.